The van der Waals surface area contributed by atoms with Gasteiger partial charge in [0.1, 0.15) is 0 Å². The summed E-state index contributed by atoms with van der Waals surface area (Å²) in [5.41, 5.74) is 4.73. The standard InChI is InChI=1S/C13H16F3N3O2/c1-8(11(20)18-12(17)21)19(2)7-9-3-5-10(6-4-9)13(14,15)16/h3-6,8H,7H2,1-2H3,(H3,17,18,20,21). The van der Waals surface area contributed by atoms with Crippen LogP contribution in [-0.4, -0.2) is 29.9 Å². The summed E-state index contributed by atoms with van der Waals surface area (Å²) < 4.78 is 37.3. The topological polar surface area (TPSA) is 75.4 Å². The Bertz CT molecular complexity index is 514. The van der Waals surface area contributed by atoms with Crippen molar-refractivity contribution in [2.75, 3.05) is 7.05 Å². The van der Waals surface area contributed by atoms with Crippen molar-refractivity contribution in [3.8, 4) is 0 Å². The third-order valence-electron chi connectivity index (χ3n) is 3.00. The summed E-state index contributed by atoms with van der Waals surface area (Å²) in [5, 5.41) is 1.95. The number of amides is 3. The van der Waals surface area contributed by atoms with Crippen LogP contribution in [-0.2, 0) is 17.5 Å². The highest BCUT2D eigenvalue weighted by molar-refractivity contribution is 5.96. The third-order valence-corrected chi connectivity index (χ3v) is 3.00. The highest BCUT2D eigenvalue weighted by Gasteiger charge is 2.30. The van der Waals surface area contributed by atoms with Gasteiger partial charge in [-0.15, -0.1) is 0 Å². The number of halogens is 3. The van der Waals surface area contributed by atoms with Crippen LogP contribution in [0.3, 0.4) is 0 Å². The van der Waals surface area contributed by atoms with Gasteiger partial charge in [-0.25, -0.2) is 4.79 Å². The quantitative estimate of drug-likeness (QED) is 0.889. The summed E-state index contributed by atoms with van der Waals surface area (Å²) in [6.07, 6.45) is -4.38. The van der Waals surface area contributed by atoms with Gasteiger partial charge in [0.25, 0.3) is 0 Å². The Morgan fingerprint density at radius 3 is 2.24 bits per heavy atom. The molecule has 0 spiro atoms. The van der Waals surface area contributed by atoms with Crippen molar-refractivity contribution in [1.29, 1.82) is 0 Å². The van der Waals surface area contributed by atoms with E-state index in [2.05, 4.69) is 0 Å². The summed E-state index contributed by atoms with van der Waals surface area (Å²) in [6.45, 7) is 1.81. The summed E-state index contributed by atoms with van der Waals surface area (Å²) in [5.74, 6) is -0.572. The van der Waals surface area contributed by atoms with E-state index in [1.54, 1.807) is 18.9 Å². The van der Waals surface area contributed by atoms with E-state index in [4.69, 9.17) is 5.73 Å². The molecular weight excluding hydrogens is 287 g/mol. The van der Waals surface area contributed by atoms with Gasteiger partial charge in [-0.1, -0.05) is 12.1 Å². The number of nitrogens with two attached hydrogens (primary N) is 1. The molecule has 3 N–H and O–H groups in total. The fourth-order valence-electron chi connectivity index (χ4n) is 1.65. The fraction of sp³-hybridized carbons (Fsp3) is 0.385. The van der Waals surface area contributed by atoms with Crippen LogP contribution >= 0.6 is 0 Å². The van der Waals surface area contributed by atoms with E-state index in [0.717, 1.165) is 12.1 Å². The second-order valence-electron chi connectivity index (χ2n) is 4.64. The Hall–Kier alpha value is -2.09. The van der Waals surface area contributed by atoms with Crippen LogP contribution in [0.1, 0.15) is 18.1 Å². The predicted molar refractivity (Wildman–Crippen MR) is 70.1 cm³/mol. The minimum atomic E-state index is -4.38. The highest BCUT2D eigenvalue weighted by Crippen LogP contribution is 2.29. The van der Waals surface area contributed by atoms with Gasteiger partial charge in [-0.2, -0.15) is 13.2 Å². The van der Waals surface area contributed by atoms with Crippen LogP contribution in [0.25, 0.3) is 0 Å². The number of likely N-dealkylation sites (N-methyl/N-ethyl adjacent to an activating group) is 1. The number of imide groups is 1. The summed E-state index contributed by atoms with van der Waals surface area (Å²) in [6, 6.07) is 3.06. The Morgan fingerprint density at radius 1 is 1.29 bits per heavy atom. The molecule has 0 aliphatic carbocycles. The van der Waals surface area contributed by atoms with Crippen LogP contribution in [0.4, 0.5) is 18.0 Å². The molecule has 1 aromatic carbocycles. The van der Waals surface area contributed by atoms with Crippen LogP contribution in [0, 0.1) is 0 Å². The minimum Gasteiger partial charge on any atom is -0.351 e. The van der Waals surface area contributed by atoms with E-state index in [0.29, 0.717) is 5.56 Å². The molecule has 0 radical (unpaired) electrons. The van der Waals surface area contributed by atoms with E-state index >= 15 is 0 Å². The Labute approximate surface area is 119 Å². The number of hydrogen-bond acceptors (Lipinski definition) is 3. The lowest BCUT2D eigenvalue weighted by atomic mass is 10.1. The molecule has 0 fully saturated rings. The van der Waals surface area contributed by atoms with Gasteiger partial charge in [0.2, 0.25) is 5.91 Å². The highest BCUT2D eigenvalue weighted by atomic mass is 19.4. The first-order valence-electron chi connectivity index (χ1n) is 6.08. The molecule has 5 nitrogen and oxygen atoms in total. The second-order valence-corrected chi connectivity index (χ2v) is 4.64. The molecule has 1 atom stereocenters. The average molecular weight is 303 g/mol. The van der Waals surface area contributed by atoms with Gasteiger partial charge in [-0.3, -0.25) is 15.0 Å². The monoisotopic (exact) mass is 303 g/mol. The number of nitrogens with zero attached hydrogens (tertiary/aromatic N) is 1. The number of alkyl halides is 3. The lowest BCUT2D eigenvalue weighted by molar-refractivity contribution is -0.137. The normalized spacial score (nSPS) is 13.0. The molecule has 1 unspecified atom stereocenters. The molecule has 116 valence electrons. The van der Waals surface area contributed by atoms with Gasteiger partial charge < -0.3 is 5.73 Å². The molecule has 8 heteroatoms. The molecule has 3 amide bonds. The molecule has 1 rings (SSSR count). The van der Waals surface area contributed by atoms with Crippen molar-refractivity contribution >= 4 is 11.9 Å². The van der Waals surface area contributed by atoms with Gasteiger partial charge in [0.15, 0.2) is 0 Å². The van der Waals surface area contributed by atoms with Crippen molar-refractivity contribution in [2.24, 2.45) is 5.73 Å². The zero-order valence-electron chi connectivity index (χ0n) is 11.6. The predicted octanol–water partition coefficient (Wildman–Crippen LogP) is 1.72. The van der Waals surface area contributed by atoms with Crippen molar-refractivity contribution in [2.45, 2.75) is 25.7 Å². The Balaban J connectivity index is 2.68. The van der Waals surface area contributed by atoms with Gasteiger partial charge in [-0.05, 0) is 31.7 Å². The number of urea groups is 1. The number of hydrogen-bond donors (Lipinski definition) is 2. The fourth-order valence-corrected chi connectivity index (χ4v) is 1.65. The van der Waals surface area contributed by atoms with E-state index in [1.807, 2.05) is 5.32 Å². The van der Waals surface area contributed by atoms with Gasteiger partial charge >= 0.3 is 12.2 Å². The average Bonchev–Trinajstić information content (AvgIpc) is 2.36. The molecule has 0 aromatic heterocycles. The number of rotatable bonds is 4. The first-order valence-corrected chi connectivity index (χ1v) is 6.08. The summed E-state index contributed by atoms with van der Waals surface area (Å²) in [7, 11) is 1.61. The molecule has 0 heterocycles. The molecule has 0 saturated heterocycles. The number of primary amides is 1. The molecule has 0 aliphatic rings. The maximum absolute atomic E-state index is 12.4. The zero-order valence-corrected chi connectivity index (χ0v) is 11.6. The minimum absolute atomic E-state index is 0.255. The molecule has 0 saturated carbocycles. The van der Waals surface area contributed by atoms with E-state index in [-0.39, 0.29) is 6.54 Å². The van der Waals surface area contributed by atoms with Crippen molar-refractivity contribution < 1.29 is 22.8 Å². The van der Waals surface area contributed by atoms with Crippen LogP contribution in [0.2, 0.25) is 0 Å². The van der Waals surface area contributed by atoms with E-state index < -0.39 is 29.7 Å². The number of nitrogens with one attached hydrogen (secondary N) is 1. The number of benzene rings is 1. The molecule has 0 bridgehead atoms. The number of carbonyl (C=O) groups excluding carboxylic acids is 2. The van der Waals surface area contributed by atoms with Crippen molar-refractivity contribution in [1.82, 2.24) is 10.2 Å². The maximum Gasteiger partial charge on any atom is 0.416 e. The van der Waals surface area contributed by atoms with Crippen molar-refractivity contribution in [3.63, 3.8) is 0 Å². The van der Waals surface area contributed by atoms with Crippen molar-refractivity contribution in [3.05, 3.63) is 35.4 Å². The first-order chi connectivity index (χ1) is 9.61. The van der Waals surface area contributed by atoms with Crippen LogP contribution in [0.5, 0.6) is 0 Å². The maximum atomic E-state index is 12.4. The second kappa shape index (κ2) is 6.57. The lowest BCUT2D eigenvalue weighted by Crippen LogP contribution is -2.46. The summed E-state index contributed by atoms with van der Waals surface area (Å²) >= 11 is 0. The SMILES string of the molecule is CC(C(=O)NC(N)=O)N(C)Cc1ccc(C(F)(F)F)cc1. The molecular formula is C13H16F3N3O2. The molecule has 1 aromatic rings. The Morgan fingerprint density at radius 2 is 1.81 bits per heavy atom. The Kier molecular flexibility index (Phi) is 5.31. The largest absolute Gasteiger partial charge is 0.416 e. The molecule has 0 aliphatic heterocycles. The number of carbonyl (C=O) groups is 2. The van der Waals surface area contributed by atoms with E-state index in [9.17, 15) is 22.8 Å². The third kappa shape index (κ3) is 5.07. The first kappa shape index (κ1) is 17.0. The van der Waals surface area contributed by atoms with Crippen LogP contribution in [0.15, 0.2) is 24.3 Å². The van der Waals surface area contributed by atoms with Gasteiger partial charge in [0.05, 0.1) is 11.6 Å². The zero-order chi connectivity index (χ0) is 16.2. The lowest BCUT2D eigenvalue weighted by Gasteiger charge is -2.23. The smallest absolute Gasteiger partial charge is 0.351 e. The van der Waals surface area contributed by atoms with Crippen LogP contribution < -0.4 is 11.1 Å². The van der Waals surface area contributed by atoms with Gasteiger partial charge in [0, 0.05) is 6.54 Å². The van der Waals surface area contributed by atoms with E-state index in [1.165, 1.54) is 12.1 Å². The molecule has 21 heavy (non-hydrogen) atoms. The summed E-state index contributed by atoms with van der Waals surface area (Å²) in [4.78, 5) is 23.7.